The smallest absolute Gasteiger partial charge is 0.314 e. The summed E-state index contributed by atoms with van der Waals surface area (Å²) in [4.78, 5) is 21.4. The van der Waals surface area contributed by atoms with Crippen molar-refractivity contribution in [1.29, 1.82) is 0 Å². The fourth-order valence-corrected chi connectivity index (χ4v) is 5.12. The van der Waals surface area contributed by atoms with Crippen LogP contribution in [0.15, 0.2) is 24.0 Å². The lowest BCUT2D eigenvalue weighted by atomic mass is 9.78. The zero-order valence-corrected chi connectivity index (χ0v) is 16.7. The van der Waals surface area contributed by atoms with Crippen LogP contribution in [0.3, 0.4) is 0 Å². The van der Waals surface area contributed by atoms with Crippen molar-refractivity contribution < 1.29 is 39.1 Å². The normalized spacial score (nSPS) is 28.3. The molecule has 1 saturated heterocycles. The first-order valence-electron chi connectivity index (χ1n) is 9.91. The molecule has 0 bridgehead atoms. The first-order valence-corrected chi connectivity index (χ1v) is 9.91. The van der Waals surface area contributed by atoms with Crippen molar-refractivity contribution in [1.82, 2.24) is 4.90 Å². The van der Waals surface area contributed by atoms with Gasteiger partial charge in [-0.25, -0.2) is 0 Å². The molecule has 1 fully saturated rings. The Bertz CT molecular complexity index is 885. The summed E-state index contributed by atoms with van der Waals surface area (Å²) in [5.74, 6) is -0.296. The fourth-order valence-electron chi connectivity index (χ4n) is 5.12. The molecule has 1 spiro atoms. The molecular weight excluding hydrogens is 394 g/mol. The minimum Gasteiger partial charge on any atom is -0.499 e. The molecule has 4 aliphatic rings. The first kappa shape index (κ1) is 20.5. The molecule has 9 nitrogen and oxygen atoms in total. The van der Waals surface area contributed by atoms with Crippen molar-refractivity contribution in [2.24, 2.45) is 0 Å². The Morgan fingerprint density at radius 3 is 2.53 bits per heavy atom. The van der Waals surface area contributed by atoms with E-state index in [0.29, 0.717) is 5.76 Å². The summed E-state index contributed by atoms with van der Waals surface area (Å²) in [6.07, 6.45) is 3.98. The zero-order valence-electron chi connectivity index (χ0n) is 16.7. The number of nitrogens with zero attached hydrogens (tertiary/aromatic N) is 1. The lowest BCUT2D eigenvalue weighted by molar-refractivity contribution is -0.147. The number of rotatable bonds is 3. The van der Waals surface area contributed by atoms with Gasteiger partial charge >= 0.3 is 11.9 Å². The van der Waals surface area contributed by atoms with Gasteiger partial charge in [0.05, 0.1) is 12.6 Å². The molecule has 1 aliphatic carbocycles. The van der Waals surface area contributed by atoms with E-state index in [1.165, 1.54) is 11.1 Å². The van der Waals surface area contributed by atoms with Gasteiger partial charge in [0, 0.05) is 12.5 Å². The number of carbonyl (C=O) groups is 2. The average Bonchev–Trinajstić information content (AvgIpc) is 3.35. The van der Waals surface area contributed by atoms with Gasteiger partial charge < -0.3 is 29.5 Å². The molecule has 0 radical (unpaired) electrons. The largest absolute Gasteiger partial charge is 0.499 e. The van der Waals surface area contributed by atoms with Gasteiger partial charge in [-0.3, -0.25) is 14.5 Å². The molecule has 0 aromatic heterocycles. The Kier molecular flexibility index (Phi) is 5.33. The van der Waals surface area contributed by atoms with Gasteiger partial charge in [-0.2, -0.15) is 0 Å². The highest BCUT2D eigenvalue weighted by molar-refractivity contribution is 5.88. The highest BCUT2D eigenvalue weighted by Gasteiger charge is 2.56. The molecule has 3 aliphatic heterocycles. The van der Waals surface area contributed by atoms with Crippen LogP contribution in [0.25, 0.3) is 0 Å². The van der Waals surface area contributed by atoms with Crippen molar-refractivity contribution in [3.05, 3.63) is 35.1 Å². The molecule has 0 amide bonds. The predicted octanol–water partition coefficient (Wildman–Crippen LogP) is 1.34. The Hall–Kier alpha value is -2.78. The first-order chi connectivity index (χ1) is 14.4. The summed E-state index contributed by atoms with van der Waals surface area (Å²) in [6.45, 7) is 2.37. The summed E-state index contributed by atoms with van der Waals surface area (Å²) in [5, 5.41) is 26.4. The van der Waals surface area contributed by atoms with Gasteiger partial charge in [0.1, 0.15) is 18.3 Å². The molecule has 3 heterocycles. The molecule has 1 aromatic rings. The average molecular weight is 419 g/mol. The number of methoxy groups -OCH3 is 1. The third kappa shape index (κ3) is 3.37. The molecule has 0 unspecified atom stereocenters. The Balaban J connectivity index is 0.000000272. The molecule has 5 rings (SSSR count). The SMILES string of the molecule is COC1=C[C@]23CCCN2CCc2cc4c(cc2[C@@H]3[C@@H]1O)OCO4.O=C(O)CC(=O)O. The number of fused-ring (bicyclic) bond motifs is 3. The van der Waals surface area contributed by atoms with E-state index < -0.39 is 24.5 Å². The van der Waals surface area contributed by atoms with Gasteiger partial charge in [-0.05, 0) is 55.1 Å². The van der Waals surface area contributed by atoms with Crippen LogP contribution < -0.4 is 9.47 Å². The zero-order chi connectivity index (χ0) is 21.5. The number of benzene rings is 1. The highest BCUT2D eigenvalue weighted by atomic mass is 16.7. The third-order valence-electron chi connectivity index (χ3n) is 6.29. The molecule has 9 heteroatoms. The molecular formula is C21H25NO8. The molecule has 1 aromatic carbocycles. The van der Waals surface area contributed by atoms with Gasteiger partial charge in [0.15, 0.2) is 11.5 Å². The van der Waals surface area contributed by atoms with E-state index in [2.05, 4.69) is 23.1 Å². The van der Waals surface area contributed by atoms with Crippen molar-refractivity contribution in [2.45, 2.75) is 43.2 Å². The number of carboxylic acids is 2. The molecule has 162 valence electrons. The number of aliphatic hydroxyl groups excluding tert-OH is 1. The second kappa shape index (κ2) is 7.81. The highest BCUT2D eigenvalue weighted by Crippen LogP contribution is 2.54. The summed E-state index contributed by atoms with van der Waals surface area (Å²) < 4.78 is 16.6. The summed E-state index contributed by atoms with van der Waals surface area (Å²) >= 11 is 0. The lowest BCUT2D eigenvalue weighted by Gasteiger charge is -2.38. The van der Waals surface area contributed by atoms with Crippen LogP contribution in [0.5, 0.6) is 11.5 Å². The number of aliphatic carboxylic acids is 2. The molecule has 3 N–H and O–H groups in total. The Labute approximate surface area is 173 Å². The minimum absolute atomic E-state index is 0.00644. The van der Waals surface area contributed by atoms with Crippen LogP contribution in [0.1, 0.15) is 36.3 Å². The van der Waals surface area contributed by atoms with Gasteiger partial charge in [0.25, 0.3) is 0 Å². The summed E-state index contributed by atoms with van der Waals surface area (Å²) in [6, 6.07) is 4.19. The van der Waals surface area contributed by atoms with E-state index in [1.807, 2.05) is 0 Å². The van der Waals surface area contributed by atoms with Crippen molar-refractivity contribution in [3.63, 3.8) is 0 Å². The van der Waals surface area contributed by atoms with Gasteiger partial charge in [-0.1, -0.05) is 0 Å². The number of aliphatic hydroxyl groups is 1. The lowest BCUT2D eigenvalue weighted by Crippen LogP contribution is -2.46. The third-order valence-corrected chi connectivity index (χ3v) is 6.29. The van der Waals surface area contributed by atoms with Crippen LogP contribution in [0.2, 0.25) is 0 Å². The van der Waals surface area contributed by atoms with E-state index in [4.69, 9.17) is 24.4 Å². The quantitative estimate of drug-likeness (QED) is 0.622. The predicted molar refractivity (Wildman–Crippen MR) is 104 cm³/mol. The number of ether oxygens (including phenoxy) is 3. The Morgan fingerprint density at radius 1 is 1.20 bits per heavy atom. The standard InChI is InChI=1S/C18H21NO4.C3H4O4/c1-21-15-9-18-4-2-5-19(18)6-3-11-7-13-14(23-10-22-13)8-12(11)16(18)17(15)20;4-2(5)1-3(6)7/h7-9,16-17,20H,2-6,10H2,1H3;1H2,(H,4,5)(H,6,7)/t16-,17-,18+;/m1./s1. The number of hydrogen-bond donors (Lipinski definition) is 3. The number of carboxylic acid groups (broad SMARTS) is 2. The van der Waals surface area contributed by atoms with Gasteiger partial charge in [-0.15, -0.1) is 0 Å². The maximum Gasteiger partial charge on any atom is 0.314 e. The van der Waals surface area contributed by atoms with E-state index >= 15 is 0 Å². The molecule has 0 saturated carbocycles. The maximum atomic E-state index is 11.0. The Morgan fingerprint density at radius 2 is 1.90 bits per heavy atom. The summed E-state index contributed by atoms with van der Waals surface area (Å²) in [5.41, 5.74) is 2.33. The topological polar surface area (TPSA) is 126 Å². The van der Waals surface area contributed by atoms with Crippen LogP contribution in [0.4, 0.5) is 0 Å². The van der Waals surface area contributed by atoms with E-state index in [-0.39, 0.29) is 18.2 Å². The minimum atomic E-state index is -1.31. The van der Waals surface area contributed by atoms with E-state index in [0.717, 1.165) is 43.9 Å². The summed E-state index contributed by atoms with van der Waals surface area (Å²) in [7, 11) is 1.65. The molecule has 3 atom stereocenters. The molecule has 30 heavy (non-hydrogen) atoms. The van der Waals surface area contributed by atoms with E-state index in [1.54, 1.807) is 7.11 Å². The van der Waals surface area contributed by atoms with Crippen LogP contribution in [-0.4, -0.2) is 70.8 Å². The van der Waals surface area contributed by atoms with Gasteiger partial charge in [0.2, 0.25) is 6.79 Å². The van der Waals surface area contributed by atoms with Crippen molar-refractivity contribution >= 4 is 11.9 Å². The van der Waals surface area contributed by atoms with E-state index in [9.17, 15) is 14.7 Å². The number of hydrogen-bond acceptors (Lipinski definition) is 7. The van der Waals surface area contributed by atoms with Crippen LogP contribution >= 0.6 is 0 Å². The fraction of sp³-hybridized carbons (Fsp3) is 0.524. The second-order valence-corrected chi connectivity index (χ2v) is 7.87. The monoisotopic (exact) mass is 419 g/mol. The second-order valence-electron chi connectivity index (χ2n) is 7.87. The van der Waals surface area contributed by atoms with Crippen molar-refractivity contribution in [2.75, 3.05) is 27.0 Å². The maximum absolute atomic E-state index is 11.0. The van der Waals surface area contributed by atoms with Crippen molar-refractivity contribution in [3.8, 4) is 11.5 Å². The van der Waals surface area contributed by atoms with Crippen LogP contribution in [-0.2, 0) is 20.7 Å². The van der Waals surface area contributed by atoms with Crippen LogP contribution in [0, 0.1) is 0 Å².